The van der Waals surface area contributed by atoms with Gasteiger partial charge in [-0.3, -0.25) is 19.7 Å². The highest BCUT2D eigenvalue weighted by Gasteiger charge is 2.13. The molecule has 0 aliphatic rings. The third-order valence-electron chi connectivity index (χ3n) is 3.73. The fourth-order valence-electron chi connectivity index (χ4n) is 2.34. The second kappa shape index (κ2) is 8.96. The van der Waals surface area contributed by atoms with Gasteiger partial charge in [0.15, 0.2) is 0 Å². The van der Waals surface area contributed by atoms with Crippen molar-refractivity contribution in [2.75, 3.05) is 6.54 Å². The van der Waals surface area contributed by atoms with Crippen molar-refractivity contribution in [3.63, 3.8) is 0 Å². The Kier molecular flexibility index (Phi) is 6.68. The van der Waals surface area contributed by atoms with Crippen molar-refractivity contribution in [2.45, 2.75) is 19.4 Å². The number of amides is 2. The van der Waals surface area contributed by atoms with E-state index in [9.17, 15) is 19.7 Å². The van der Waals surface area contributed by atoms with E-state index in [0.29, 0.717) is 10.6 Å². The number of hydrogen-bond acceptors (Lipinski definition) is 4. The van der Waals surface area contributed by atoms with Crippen molar-refractivity contribution in [3.8, 4) is 0 Å². The maximum Gasteiger partial charge on any atom is 0.269 e. The van der Waals surface area contributed by atoms with E-state index >= 15 is 0 Å². The molecule has 0 saturated carbocycles. The van der Waals surface area contributed by atoms with Gasteiger partial charge in [-0.05, 0) is 30.7 Å². The zero-order chi connectivity index (χ0) is 19.1. The molecule has 2 N–H and O–H groups in total. The van der Waals surface area contributed by atoms with Crippen LogP contribution in [0, 0.1) is 10.1 Å². The second-order valence-electron chi connectivity index (χ2n) is 5.62. The Morgan fingerprint density at radius 2 is 1.81 bits per heavy atom. The van der Waals surface area contributed by atoms with Crippen LogP contribution in [0.5, 0.6) is 0 Å². The highest BCUT2D eigenvalue weighted by molar-refractivity contribution is 6.31. The normalized spacial score (nSPS) is 11.5. The Hall–Kier alpha value is -2.93. The molecule has 0 bridgehead atoms. The first-order valence-corrected chi connectivity index (χ1v) is 8.32. The number of rotatable bonds is 7. The molecule has 0 aromatic heterocycles. The molecule has 0 aliphatic carbocycles. The lowest BCUT2D eigenvalue weighted by Crippen LogP contribution is -2.32. The molecule has 0 radical (unpaired) electrons. The van der Waals surface area contributed by atoms with Crippen molar-refractivity contribution in [3.05, 3.63) is 74.8 Å². The lowest BCUT2D eigenvalue weighted by Gasteiger charge is -2.15. The average molecular weight is 376 g/mol. The van der Waals surface area contributed by atoms with Crippen LogP contribution in [0.4, 0.5) is 5.69 Å². The Bertz CT molecular complexity index is 808. The van der Waals surface area contributed by atoms with Crippen LogP contribution >= 0.6 is 11.6 Å². The van der Waals surface area contributed by atoms with E-state index in [1.807, 2.05) is 25.1 Å². The number of carbonyl (C=O) groups excluding carboxylic acids is 2. The van der Waals surface area contributed by atoms with E-state index in [2.05, 4.69) is 10.6 Å². The summed E-state index contributed by atoms with van der Waals surface area (Å²) >= 11 is 6.10. The summed E-state index contributed by atoms with van der Waals surface area (Å²) in [5.74, 6) is -0.617. The molecule has 2 aromatic carbocycles. The predicted octanol–water partition coefficient (Wildman–Crippen LogP) is 3.25. The Morgan fingerprint density at radius 1 is 1.15 bits per heavy atom. The summed E-state index contributed by atoms with van der Waals surface area (Å²) in [5, 5.41) is 16.6. The molecular weight excluding hydrogens is 358 g/mol. The van der Waals surface area contributed by atoms with Crippen LogP contribution in [0.1, 0.15) is 35.3 Å². The third-order valence-corrected chi connectivity index (χ3v) is 4.07. The minimum Gasteiger partial charge on any atom is -0.352 e. The van der Waals surface area contributed by atoms with Crippen LogP contribution in [0.3, 0.4) is 0 Å². The van der Waals surface area contributed by atoms with E-state index in [1.165, 1.54) is 24.3 Å². The van der Waals surface area contributed by atoms with E-state index in [1.54, 1.807) is 6.07 Å². The second-order valence-corrected chi connectivity index (χ2v) is 6.03. The number of benzene rings is 2. The molecule has 0 fully saturated rings. The summed E-state index contributed by atoms with van der Waals surface area (Å²) in [4.78, 5) is 34.0. The number of hydrogen-bond donors (Lipinski definition) is 2. The molecule has 1 unspecified atom stereocenters. The molecule has 7 nitrogen and oxygen atoms in total. The minimum absolute atomic E-state index is 0.0884. The van der Waals surface area contributed by atoms with Crippen molar-refractivity contribution in [1.29, 1.82) is 0 Å². The summed E-state index contributed by atoms with van der Waals surface area (Å²) < 4.78 is 0. The number of halogens is 1. The van der Waals surface area contributed by atoms with Gasteiger partial charge in [-0.25, -0.2) is 0 Å². The number of non-ortho nitro benzene ring substituents is 1. The van der Waals surface area contributed by atoms with Gasteiger partial charge in [0.25, 0.3) is 11.6 Å². The average Bonchev–Trinajstić information content (AvgIpc) is 2.62. The first-order chi connectivity index (χ1) is 12.4. The quantitative estimate of drug-likeness (QED) is 0.572. The van der Waals surface area contributed by atoms with Gasteiger partial charge >= 0.3 is 0 Å². The molecule has 2 amide bonds. The van der Waals surface area contributed by atoms with Gasteiger partial charge < -0.3 is 10.6 Å². The maximum absolute atomic E-state index is 12.0. The molecule has 8 heteroatoms. The largest absolute Gasteiger partial charge is 0.352 e. The van der Waals surface area contributed by atoms with Gasteiger partial charge in [-0.1, -0.05) is 29.8 Å². The van der Waals surface area contributed by atoms with Crippen LogP contribution in [0.15, 0.2) is 48.5 Å². The van der Waals surface area contributed by atoms with E-state index in [0.717, 1.165) is 5.56 Å². The van der Waals surface area contributed by atoms with E-state index in [4.69, 9.17) is 11.6 Å². The zero-order valence-corrected chi connectivity index (χ0v) is 14.8. The smallest absolute Gasteiger partial charge is 0.269 e. The molecule has 2 rings (SSSR count). The van der Waals surface area contributed by atoms with Gasteiger partial charge in [-0.15, -0.1) is 0 Å². The lowest BCUT2D eigenvalue weighted by atomic mass is 10.1. The van der Waals surface area contributed by atoms with Crippen molar-refractivity contribution in [1.82, 2.24) is 10.6 Å². The lowest BCUT2D eigenvalue weighted by molar-refractivity contribution is -0.384. The summed E-state index contributed by atoms with van der Waals surface area (Å²) in [5.41, 5.74) is 1.02. The number of nitro benzene ring substituents is 1. The fraction of sp³-hybridized carbons (Fsp3) is 0.222. The van der Waals surface area contributed by atoms with Gasteiger partial charge in [0.1, 0.15) is 0 Å². The standard InChI is InChI=1S/C18H18ClN3O4/c1-12(15-4-2-3-5-16(15)19)21-17(23)10-11-20-18(24)13-6-8-14(9-7-13)22(25)26/h2-9,12H,10-11H2,1H3,(H,20,24)(H,21,23). The van der Waals surface area contributed by atoms with Crippen LogP contribution in [-0.2, 0) is 4.79 Å². The maximum atomic E-state index is 12.0. The van der Waals surface area contributed by atoms with Gasteiger partial charge in [-0.2, -0.15) is 0 Å². The predicted molar refractivity (Wildman–Crippen MR) is 98.1 cm³/mol. The molecule has 0 saturated heterocycles. The Labute approximate surface area is 155 Å². The molecule has 1 atom stereocenters. The molecule has 26 heavy (non-hydrogen) atoms. The van der Waals surface area contributed by atoms with Gasteiger partial charge in [0.05, 0.1) is 11.0 Å². The number of nitro groups is 1. The van der Waals surface area contributed by atoms with Crippen LogP contribution in [0.25, 0.3) is 0 Å². The summed E-state index contributed by atoms with van der Waals surface area (Å²) in [6.07, 6.45) is 0.105. The van der Waals surface area contributed by atoms with Crippen molar-refractivity contribution < 1.29 is 14.5 Å². The van der Waals surface area contributed by atoms with Crippen LogP contribution in [-0.4, -0.2) is 23.3 Å². The van der Waals surface area contributed by atoms with Crippen molar-refractivity contribution in [2.24, 2.45) is 0 Å². The summed E-state index contributed by atoms with van der Waals surface area (Å²) in [6.45, 7) is 1.98. The minimum atomic E-state index is -0.536. The Balaban J connectivity index is 1.79. The molecule has 136 valence electrons. The van der Waals surface area contributed by atoms with Gasteiger partial charge in [0, 0.05) is 35.7 Å². The topological polar surface area (TPSA) is 101 Å². The molecule has 2 aromatic rings. The zero-order valence-electron chi connectivity index (χ0n) is 14.1. The molecule has 0 spiro atoms. The van der Waals surface area contributed by atoms with Crippen LogP contribution < -0.4 is 10.6 Å². The molecule has 0 heterocycles. The van der Waals surface area contributed by atoms with Crippen molar-refractivity contribution >= 4 is 29.1 Å². The molecular formula is C18H18ClN3O4. The van der Waals surface area contributed by atoms with Crippen LogP contribution in [0.2, 0.25) is 5.02 Å². The first kappa shape index (κ1) is 19.4. The number of nitrogens with zero attached hydrogens (tertiary/aromatic N) is 1. The fourth-order valence-corrected chi connectivity index (χ4v) is 2.64. The number of carbonyl (C=O) groups is 2. The van der Waals surface area contributed by atoms with E-state index in [-0.39, 0.29) is 30.6 Å². The van der Waals surface area contributed by atoms with E-state index < -0.39 is 10.8 Å². The molecule has 0 aliphatic heterocycles. The highest BCUT2D eigenvalue weighted by Crippen LogP contribution is 2.22. The summed E-state index contributed by atoms with van der Waals surface area (Å²) in [6, 6.07) is 12.2. The first-order valence-electron chi connectivity index (χ1n) is 7.95. The monoisotopic (exact) mass is 375 g/mol. The SMILES string of the molecule is CC(NC(=O)CCNC(=O)c1ccc([N+](=O)[O-])cc1)c1ccccc1Cl. The third kappa shape index (κ3) is 5.29. The number of nitrogens with one attached hydrogen (secondary N) is 2. The highest BCUT2D eigenvalue weighted by atomic mass is 35.5. The Morgan fingerprint density at radius 3 is 2.42 bits per heavy atom. The van der Waals surface area contributed by atoms with Gasteiger partial charge in [0.2, 0.25) is 5.91 Å². The summed E-state index contributed by atoms with van der Waals surface area (Å²) in [7, 11) is 0.